The molecule has 3 aliphatic rings. The number of fused-ring (bicyclic) bond motifs is 3. The van der Waals surface area contributed by atoms with E-state index in [9.17, 15) is 9.90 Å². The van der Waals surface area contributed by atoms with E-state index in [2.05, 4.69) is 20.3 Å². The summed E-state index contributed by atoms with van der Waals surface area (Å²) in [6.07, 6.45) is 1.15. The first kappa shape index (κ1) is 24.5. The quantitative estimate of drug-likeness (QED) is 0.344. The number of pyridine rings is 2. The Balaban J connectivity index is 1.12. The number of ether oxygens (including phenoxy) is 3. The highest BCUT2D eigenvalue weighted by Gasteiger charge is 2.48. The fourth-order valence-electron chi connectivity index (χ4n) is 5.66. The van der Waals surface area contributed by atoms with E-state index in [0.717, 1.165) is 5.56 Å². The van der Waals surface area contributed by atoms with Crippen LogP contribution in [0.3, 0.4) is 0 Å². The SMILES string of the molecule is Cn1ccc(-c2cc(F)c3c(c2)CCC3Nc2nc3nc(O[C@@H]4CO[C@H]5[C@@H]4OC[C@H]5O)[nH]c3cc2Cl)cc1=O. The standard InChI is InChI=1S/C27H25ClFN5O5/c1-34-5-4-12(8-21(34)36)14-6-13-2-3-17(22(13)16(29)7-14)30-25-15(28)9-18-26(32-25)33-27(31-18)39-20-11-38-23-19(35)10-37-24(20)23/h4-9,17,19-20,23-24,35H,2-3,10-11H2,1H3,(H2,30,31,32,33)/t17?,19-,20-,23-,24-/m1/s1. The molecule has 10 nitrogen and oxygen atoms in total. The highest BCUT2D eigenvalue weighted by Crippen LogP contribution is 2.39. The molecule has 0 saturated carbocycles. The molecule has 1 unspecified atom stereocenters. The third-order valence-electron chi connectivity index (χ3n) is 7.66. The molecule has 4 aromatic rings. The molecule has 5 heterocycles. The summed E-state index contributed by atoms with van der Waals surface area (Å²) in [6.45, 7) is 0.486. The molecule has 2 fully saturated rings. The van der Waals surface area contributed by atoms with Gasteiger partial charge in [0.25, 0.3) is 11.6 Å². The zero-order chi connectivity index (χ0) is 26.8. The molecular formula is C27H25ClFN5O5. The highest BCUT2D eigenvalue weighted by atomic mass is 35.5. The number of aliphatic hydroxyl groups excluding tert-OH is 1. The van der Waals surface area contributed by atoms with Crippen LogP contribution in [0.5, 0.6) is 6.01 Å². The molecule has 39 heavy (non-hydrogen) atoms. The Morgan fingerprint density at radius 2 is 2.03 bits per heavy atom. The van der Waals surface area contributed by atoms with Crippen molar-refractivity contribution in [2.24, 2.45) is 7.05 Å². The van der Waals surface area contributed by atoms with Crippen molar-refractivity contribution < 1.29 is 23.7 Å². The monoisotopic (exact) mass is 553 g/mol. The van der Waals surface area contributed by atoms with Crippen molar-refractivity contribution in [1.29, 1.82) is 0 Å². The molecule has 0 amide bonds. The average molecular weight is 554 g/mol. The van der Waals surface area contributed by atoms with Crippen LogP contribution in [0, 0.1) is 5.82 Å². The van der Waals surface area contributed by atoms with E-state index in [-0.39, 0.29) is 42.7 Å². The van der Waals surface area contributed by atoms with Crippen molar-refractivity contribution >= 4 is 28.6 Å². The Morgan fingerprint density at radius 1 is 1.18 bits per heavy atom. The second-order valence-corrected chi connectivity index (χ2v) is 10.6. The molecule has 3 aromatic heterocycles. The average Bonchev–Trinajstić information content (AvgIpc) is 3.67. The molecule has 5 atom stereocenters. The van der Waals surface area contributed by atoms with Crippen LogP contribution < -0.4 is 15.6 Å². The van der Waals surface area contributed by atoms with Gasteiger partial charge in [-0.2, -0.15) is 4.98 Å². The van der Waals surface area contributed by atoms with Gasteiger partial charge in [0.2, 0.25) is 0 Å². The Bertz CT molecular complexity index is 1660. The number of hydrogen-bond donors (Lipinski definition) is 3. The first-order valence-electron chi connectivity index (χ1n) is 12.7. The lowest BCUT2D eigenvalue weighted by Gasteiger charge is -2.17. The van der Waals surface area contributed by atoms with Gasteiger partial charge in [0.1, 0.15) is 29.9 Å². The number of H-pyrrole nitrogens is 1. The topological polar surface area (TPSA) is 124 Å². The fourth-order valence-corrected chi connectivity index (χ4v) is 5.87. The molecule has 0 spiro atoms. The number of anilines is 1. The second-order valence-electron chi connectivity index (χ2n) is 10.2. The summed E-state index contributed by atoms with van der Waals surface area (Å²) in [7, 11) is 1.68. The van der Waals surface area contributed by atoms with Gasteiger partial charge in [0, 0.05) is 24.9 Å². The van der Waals surface area contributed by atoms with E-state index in [1.807, 2.05) is 6.07 Å². The number of imidazole rings is 1. The smallest absolute Gasteiger partial charge is 0.296 e. The van der Waals surface area contributed by atoms with E-state index >= 15 is 4.39 Å². The number of aryl methyl sites for hydroxylation is 2. The highest BCUT2D eigenvalue weighted by molar-refractivity contribution is 6.33. The number of nitrogens with one attached hydrogen (secondary N) is 2. The predicted octanol–water partition coefficient (Wildman–Crippen LogP) is 3.12. The molecule has 202 valence electrons. The number of halogens is 2. The maximum absolute atomic E-state index is 15.4. The van der Waals surface area contributed by atoms with Crippen LogP contribution in [-0.4, -0.2) is 62.3 Å². The van der Waals surface area contributed by atoms with Crippen LogP contribution in [-0.2, 0) is 22.9 Å². The van der Waals surface area contributed by atoms with Crippen molar-refractivity contribution in [1.82, 2.24) is 19.5 Å². The number of hydrogen-bond acceptors (Lipinski definition) is 8. The van der Waals surface area contributed by atoms with Gasteiger partial charge in [0.15, 0.2) is 11.8 Å². The predicted molar refractivity (Wildman–Crippen MR) is 141 cm³/mol. The third-order valence-corrected chi connectivity index (χ3v) is 7.95. The number of aromatic amines is 1. The van der Waals surface area contributed by atoms with Crippen LogP contribution in [0.15, 0.2) is 41.3 Å². The number of aliphatic hydroxyl groups is 1. The van der Waals surface area contributed by atoms with Gasteiger partial charge in [-0.3, -0.25) is 4.79 Å². The minimum atomic E-state index is -0.669. The lowest BCUT2D eigenvalue weighted by atomic mass is 9.99. The fraction of sp³-hybridized carbons (Fsp3) is 0.370. The van der Waals surface area contributed by atoms with Gasteiger partial charge in [0.05, 0.1) is 29.8 Å². The zero-order valence-corrected chi connectivity index (χ0v) is 21.6. The van der Waals surface area contributed by atoms with Crippen molar-refractivity contribution in [2.45, 2.75) is 43.3 Å². The summed E-state index contributed by atoms with van der Waals surface area (Å²) in [4.78, 5) is 24.1. The van der Waals surface area contributed by atoms with Gasteiger partial charge in [-0.05, 0) is 47.7 Å². The van der Waals surface area contributed by atoms with Crippen molar-refractivity contribution in [3.8, 4) is 17.1 Å². The van der Waals surface area contributed by atoms with Crippen LogP contribution >= 0.6 is 11.6 Å². The Labute approximate surface area is 226 Å². The molecular weight excluding hydrogens is 529 g/mol. The summed E-state index contributed by atoms with van der Waals surface area (Å²) in [5, 5.41) is 13.6. The number of aromatic nitrogens is 4. The second kappa shape index (κ2) is 9.30. The van der Waals surface area contributed by atoms with E-state index in [0.29, 0.717) is 51.5 Å². The van der Waals surface area contributed by atoms with Gasteiger partial charge in [-0.1, -0.05) is 17.7 Å². The maximum atomic E-state index is 15.4. The molecule has 12 heteroatoms. The molecule has 2 saturated heterocycles. The van der Waals surface area contributed by atoms with E-state index in [1.54, 1.807) is 25.4 Å². The first-order valence-corrected chi connectivity index (χ1v) is 13.1. The minimum Gasteiger partial charge on any atom is -0.456 e. The van der Waals surface area contributed by atoms with Crippen LogP contribution in [0.1, 0.15) is 23.6 Å². The third kappa shape index (κ3) is 4.26. The number of benzene rings is 1. The number of nitrogens with zero attached hydrogens (tertiary/aromatic N) is 3. The summed E-state index contributed by atoms with van der Waals surface area (Å²) in [5.74, 6) is 0.0452. The summed E-state index contributed by atoms with van der Waals surface area (Å²) < 4.78 is 34.0. The number of rotatable bonds is 5. The summed E-state index contributed by atoms with van der Waals surface area (Å²) in [5.41, 5.74) is 3.62. The normalized spacial score (nSPS) is 25.7. The minimum absolute atomic E-state index is 0.151. The molecule has 1 aliphatic carbocycles. The van der Waals surface area contributed by atoms with Gasteiger partial charge < -0.3 is 34.2 Å². The molecule has 2 aliphatic heterocycles. The molecule has 1 aromatic carbocycles. The lowest BCUT2D eigenvalue weighted by molar-refractivity contribution is 0.00706. The van der Waals surface area contributed by atoms with Crippen molar-refractivity contribution in [3.63, 3.8) is 0 Å². The first-order chi connectivity index (χ1) is 18.8. The Morgan fingerprint density at radius 3 is 2.87 bits per heavy atom. The van der Waals surface area contributed by atoms with Crippen molar-refractivity contribution in [2.75, 3.05) is 18.5 Å². The van der Waals surface area contributed by atoms with Gasteiger partial charge >= 0.3 is 0 Å². The van der Waals surface area contributed by atoms with Crippen molar-refractivity contribution in [3.05, 3.63) is 68.8 Å². The summed E-state index contributed by atoms with van der Waals surface area (Å²) >= 11 is 6.54. The van der Waals surface area contributed by atoms with E-state index in [4.69, 9.17) is 25.8 Å². The maximum Gasteiger partial charge on any atom is 0.296 e. The molecule has 7 rings (SSSR count). The van der Waals surface area contributed by atoms with Gasteiger partial charge in [-0.15, -0.1) is 0 Å². The van der Waals surface area contributed by atoms with Crippen LogP contribution in [0.2, 0.25) is 5.02 Å². The Kier molecular flexibility index (Phi) is 5.85. The molecule has 3 N–H and O–H groups in total. The summed E-state index contributed by atoms with van der Waals surface area (Å²) in [6, 6.07) is 8.33. The van der Waals surface area contributed by atoms with E-state index in [1.165, 1.54) is 16.7 Å². The van der Waals surface area contributed by atoms with E-state index < -0.39 is 18.3 Å². The largest absolute Gasteiger partial charge is 0.456 e. The van der Waals surface area contributed by atoms with Crippen LogP contribution in [0.4, 0.5) is 10.2 Å². The van der Waals surface area contributed by atoms with Crippen LogP contribution in [0.25, 0.3) is 22.3 Å². The zero-order valence-electron chi connectivity index (χ0n) is 20.9. The molecule has 0 bridgehead atoms. The van der Waals surface area contributed by atoms with Gasteiger partial charge in [-0.25, -0.2) is 9.37 Å². The Hall–Kier alpha value is -3.51. The molecule has 0 radical (unpaired) electrons. The lowest BCUT2D eigenvalue weighted by Crippen LogP contribution is -2.34.